The van der Waals surface area contributed by atoms with Gasteiger partial charge in [0.25, 0.3) is 5.91 Å². The molecule has 0 spiro atoms. The summed E-state index contributed by atoms with van der Waals surface area (Å²) in [6.07, 6.45) is 6.77. The number of benzene rings is 2. The summed E-state index contributed by atoms with van der Waals surface area (Å²) in [6.45, 7) is 2.77. The van der Waals surface area contributed by atoms with Crippen molar-refractivity contribution in [2.45, 2.75) is 39.2 Å². The van der Waals surface area contributed by atoms with E-state index in [2.05, 4.69) is 36.5 Å². The van der Waals surface area contributed by atoms with E-state index < -0.39 is 0 Å². The van der Waals surface area contributed by atoms with E-state index in [0.717, 1.165) is 23.3 Å². The topological polar surface area (TPSA) is 38.3 Å². The van der Waals surface area contributed by atoms with Gasteiger partial charge in [-0.05, 0) is 47.7 Å². The molecule has 1 aliphatic rings. The van der Waals surface area contributed by atoms with Gasteiger partial charge >= 0.3 is 0 Å². The molecule has 0 aromatic heterocycles. The van der Waals surface area contributed by atoms with E-state index in [-0.39, 0.29) is 5.91 Å². The number of thioether (sulfide) groups is 1. The van der Waals surface area contributed by atoms with Crippen LogP contribution in [-0.4, -0.2) is 10.2 Å². The van der Waals surface area contributed by atoms with Gasteiger partial charge in [0, 0.05) is 0 Å². The number of ether oxygens (including phenoxy) is 1. The highest BCUT2D eigenvalue weighted by atomic mass is 32.2. The zero-order valence-electron chi connectivity index (χ0n) is 15.4. The number of unbranched alkanes of at least 4 members (excludes halogenated alkanes) is 2. The van der Waals surface area contributed by atoms with E-state index in [1.54, 1.807) is 0 Å². The molecule has 0 radical (unpaired) electrons. The number of nitrogens with one attached hydrogen (secondary N) is 1. The standard InChI is InChI=1S/C22H23NO2S2/c1-2-3-4-5-16-6-8-18(9-7-16)15-25-19-12-10-17(11-13-19)14-20-21(24)23-22(26)27-20/h6-14H,2-5,15H2,1H3,(H,23,24,26). The van der Waals surface area contributed by atoms with Crippen molar-refractivity contribution in [1.29, 1.82) is 0 Å². The van der Waals surface area contributed by atoms with Gasteiger partial charge in [-0.25, -0.2) is 0 Å². The first kappa shape index (κ1) is 19.6. The van der Waals surface area contributed by atoms with Gasteiger partial charge in [0.1, 0.15) is 16.7 Å². The Morgan fingerprint density at radius 1 is 1.04 bits per heavy atom. The largest absolute Gasteiger partial charge is 0.489 e. The van der Waals surface area contributed by atoms with Crippen LogP contribution in [0.5, 0.6) is 5.75 Å². The Morgan fingerprint density at radius 2 is 1.74 bits per heavy atom. The molecule has 3 rings (SSSR count). The third-order valence-corrected chi connectivity index (χ3v) is 5.48. The first-order chi connectivity index (χ1) is 13.1. The molecule has 3 nitrogen and oxygen atoms in total. The van der Waals surface area contributed by atoms with Crippen LogP contribution < -0.4 is 10.1 Å². The van der Waals surface area contributed by atoms with E-state index in [1.165, 1.54) is 36.6 Å². The van der Waals surface area contributed by atoms with Gasteiger partial charge in [-0.2, -0.15) is 0 Å². The number of amides is 1. The minimum Gasteiger partial charge on any atom is -0.489 e. The number of hydrogen-bond acceptors (Lipinski definition) is 4. The van der Waals surface area contributed by atoms with Crippen molar-refractivity contribution in [3.05, 3.63) is 70.1 Å². The number of rotatable bonds is 8. The number of thiocarbonyl (C=S) groups is 1. The normalized spacial score (nSPS) is 15.2. The minimum absolute atomic E-state index is 0.136. The van der Waals surface area contributed by atoms with E-state index in [0.29, 0.717) is 15.8 Å². The lowest BCUT2D eigenvalue weighted by Crippen LogP contribution is -2.17. The molecule has 1 aliphatic heterocycles. The molecule has 0 atom stereocenters. The lowest BCUT2D eigenvalue weighted by atomic mass is 10.1. The molecule has 5 heteroatoms. The van der Waals surface area contributed by atoms with Gasteiger partial charge in [0.15, 0.2) is 0 Å². The average molecular weight is 398 g/mol. The van der Waals surface area contributed by atoms with E-state index >= 15 is 0 Å². The Hall–Kier alpha value is -2.11. The molecule has 1 heterocycles. The van der Waals surface area contributed by atoms with Crippen molar-refractivity contribution < 1.29 is 9.53 Å². The van der Waals surface area contributed by atoms with Crippen molar-refractivity contribution in [2.75, 3.05) is 0 Å². The van der Waals surface area contributed by atoms with Crippen molar-refractivity contribution in [2.24, 2.45) is 0 Å². The van der Waals surface area contributed by atoms with Crippen LogP contribution in [0.3, 0.4) is 0 Å². The maximum atomic E-state index is 11.7. The zero-order valence-corrected chi connectivity index (χ0v) is 17.0. The Kier molecular flexibility index (Phi) is 7.07. The molecule has 0 unspecified atom stereocenters. The predicted octanol–water partition coefficient (Wildman–Crippen LogP) is 5.49. The average Bonchev–Trinajstić information content (AvgIpc) is 2.99. The molecule has 2 aromatic rings. The third kappa shape index (κ3) is 5.94. The van der Waals surface area contributed by atoms with Crippen LogP contribution in [-0.2, 0) is 17.8 Å². The summed E-state index contributed by atoms with van der Waals surface area (Å²) < 4.78 is 6.37. The number of aryl methyl sites for hydroxylation is 1. The molecule has 0 bridgehead atoms. The summed E-state index contributed by atoms with van der Waals surface area (Å²) >= 11 is 6.28. The SMILES string of the molecule is CCCCCc1ccc(COc2ccc(C=C3SC(=S)NC3=O)cc2)cc1. The van der Waals surface area contributed by atoms with Crippen LogP contribution in [0, 0.1) is 0 Å². The molecular weight excluding hydrogens is 374 g/mol. The first-order valence-electron chi connectivity index (χ1n) is 9.19. The molecule has 1 amide bonds. The number of hydrogen-bond donors (Lipinski definition) is 1. The molecule has 1 fully saturated rings. The van der Waals surface area contributed by atoms with Crippen LogP contribution in [0.15, 0.2) is 53.4 Å². The van der Waals surface area contributed by atoms with Crippen molar-refractivity contribution in [3.8, 4) is 5.75 Å². The van der Waals surface area contributed by atoms with Crippen LogP contribution in [0.4, 0.5) is 0 Å². The van der Waals surface area contributed by atoms with E-state index in [4.69, 9.17) is 17.0 Å². The zero-order chi connectivity index (χ0) is 19.1. The number of carbonyl (C=O) groups excluding carboxylic acids is 1. The van der Waals surface area contributed by atoms with Gasteiger partial charge in [-0.15, -0.1) is 0 Å². The lowest BCUT2D eigenvalue weighted by Gasteiger charge is -2.08. The molecule has 1 saturated heterocycles. The molecule has 0 aliphatic carbocycles. The van der Waals surface area contributed by atoms with Crippen molar-refractivity contribution in [1.82, 2.24) is 5.32 Å². The summed E-state index contributed by atoms with van der Waals surface area (Å²) in [7, 11) is 0. The summed E-state index contributed by atoms with van der Waals surface area (Å²) in [4.78, 5) is 12.3. The monoisotopic (exact) mass is 397 g/mol. The molecule has 0 saturated carbocycles. The fourth-order valence-electron chi connectivity index (χ4n) is 2.78. The summed E-state index contributed by atoms with van der Waals surface area (Å²) in [6, 6.07) is 16.4. The summed E-state index contributed by atoms with van der Waals surface area (Å²) in [5, 5.41) is 2.62. The van der Waals surface area contributed by atoms with Gasteiger partial charge < -0.3 is 10.1 Å². The summed E-state index contributed by atoms with van der Waals surface area (Å²) in [5.74, 6) is 0.673. The second-order valence-electron chi connectivity index (χ2n) is 6.48. The molecular formula is C22H23NO2S2. The highest BCUT2D eigenvalue weighted by Crippen LogP contribution is 2.26. The van der Waals surface area contributed by atoms with E-state index in [9.17, 15) is 4.79 Å². The van der Waals surface area contributed by atoms with Crippen LogP contribution >= 0.6 is 24.0 Å². The Morgan fingerprint density at radius 3 is 2.37 bits per heavy atom. The Labute approximate surface area is 170 Å². The van der Waals surface area contributed by atoms with Gasteiger partial charge in [-0.3, -0.25) is 4.79 Å². The highest BCUT2D eigenvalue weighted by Gasteiger charge is 2.21. The maximum absolute atomic E-state index is 11.7. The second-order valence-corrected chi connectivity index (χ2v) is 8.20. The highest BCUT2D eigenvalue weighted by molar-refractivity contribution is 8.26. The fourth-order valence-corrected chi connectivity index (χ4v) is 3.82. The fraction of sp³-hybridized carbons (Fsp3) is 0.273. The van der Waals surface area contributed by atoms with Gasteiger partial charge in [0.05, 0.1) is 4.91 Å². The molecule has 2 aromatic carbocycles. The molecule has 27 heavy (non-hydrogen) atoms. The van der Waals surface area contributed by atoms with Crippen LogP contribution in [0.1, 0.15) is 42.9 Å². The van der Waals surface area contributed by atoms with Crippen molar-refractivity contribution in [3.63, 3.8) is 0 Å². The first-order valence-corrected chi connectivity index (χ1v) is 10.4. The smallest absolute Gasteiger partial charge is 0.263 e. The molecule has 1 N–H and O–H groups in total. The third-order valence-electron chi connectivity index (χ3n) is 4.32. The van der Waals surface area contributed by atoms with Gasteiger partial charge in [0.2, 0.25) is 0 Å². The van der Waals surface area contributed by atoms with Crippen LogP contribution in [0.25, 0.3) is 6.08 Å². The van der Waals surface area contributed by atoms with E-state index in [1.807, 2.05) is 30.3 Å². The van der Waals surface area contributed by atoms with Crippen molar-refractivity contribution >= 4 is 40.3 Å². The second kappa shape index (κ2) is 9.72. The van der Waals surface area contributed by atoms with Gasteiger partial charge in [-0.1, -0.05) is 80.1 Å². The quantitative estimate of drug-likeness (QED) is 0.363. The van der Waals surface area contributed by atoms with Crippen LogP contribution in [0.2, 0.25) is 0 Å². The lowest BCUT2D eigenvalue weighted by molar-refractivity contribution is -0.115. The minimum atomic E-state index is -0.136. The maximum Gasteiger partial charge on any atom is 0.263 e. The number of carbonyl (C=O) groups is 1. The Bertz CT molecular complexity index is 826. The predicted molar refractivity (Wildman–Crippen MR) is 117 cm³/mol. The molecule has 140 valence electrons. The Balaban J connectivity index is 1.52. The summed E-state index contributed by atoms with van der Waals surface area (Å²) in [5.41, 5.74) is 3.49.